The summed E-state index contributed by atoms with van der Waals surface area (Å²) in [4.78, 5) is 6.32. The first-order valence-corrected chi connectivity index (χ1v) is 7.02. The average molecular weight is 286 g/mol. The summed E-state index contributed by atoms with van der Waals surface area (Å²) < 4.78 is 5.63. The van der Waals surface area contributed by atoms with Gasteiger partial charge >= 0.3 is 0 Å². The van der Waals surface area contributed by atoms with Crippen molar-refractivity contribution in [1.29, 1.82) is 0 Å². The molecule has 0 unspecified atom stereocenters. The number of pyridine rings is 1. The largest absolute Gasteiger partial charge is 0.478 e. The van der Waals surface area contributed by atoms with Crippen LogP contribution in [0, 0.1) is 0 Å². The molecule has 4 nitrogen and oxygen atoms in total. The molecule has 0 aliphatic rings. The third kappa shape index (κ3) is 6.76. The summed E-state index contributed by atoms with van der Waals surface area (Å²) >= 11 is 6.12. The Morgan fingerprint density at radius 2 is 2.16 bits per heavy atom. The monoisotopic (exact) mass is 285 g/mol. The predicted molar refractivity (Wildman–Crippen MR) is 79.9 cm³/mol. The van der Waals surface area contributed by atoms with Gasteiger partial charge in [0, 0.05) is 31.4 Å². The molecule has 0 saturated carbocycles. The van der Waals surface area contributed by atoms with Gasteiger partial charge < -0.3 is 15.0 Å². The first-order valence-electron chi connectivity index (χ1n) is 6.64. The average Bonchev–Trinajstić information content (AvgIpc) is 2.34. The summed E-state index contributed by atoms with van der Waals surface area (Å²) in [6.45, 7) is 6.62. The van der Waals surface area contributed by atoms with Crippen LogP contribution < -0.4 is 10.1 Å². The molecule has 0 aliphatic heterocycles. The molecule has 0 spiro atoms. The van der Waals surface area contributed by atoms with Gasteiger partial charge in [-0.3, -0.25) is 0 Å². The third-order valence-corrected chi connectivity index (χ3v) is 2.95. The minimum Gasteiger partial charge on any atom is -0.478 e. The molecule has 1 aromatic rings. The molecular formula is C14H24ClN3O. The van der Waals surface area contributed by atoms with Crippen molar-refractivity contribution in [2.24, 2.45) is 0 Å². The van der Waals surface area contributed by atoms with Crippen LogP contribution in [0.25, 0.3) is 0 Å². The van der Waals surface area contributed by atoms with Crippen molar-refractivity contribution < 1.29 is 4.74 Å². The van der Waals surface area contributed by atoms with Crippen molar-refractivity contribution in [3.8, 4) is 5.88 Å². The maximum atomic E-state index is 6.12. The van der Waals surface area contributed by atoms with Crippen molar-refractivity contribution in [1.82, 2.24) is 15.2 Å². The van der Waals surface area contributed by atoms with Crippen LogP contribution in [-0.2, 0) is 6.54 Å². The van der Waals surface area contributed by atoms with Crippen LogP contribution >= 0.6 is 11.6 Å². The molecule has 0 bridgehead atoms. The smallest absolute Gasteiger partial charge is 0.213 e. The van der Waals surface area contributed by atoms with E-state index in [4.69, 9.17) is 16.3 Å². The summed E-state index contributed by atoms with van der Waals surface area (Å²) in [6, 6.07) is 2.33. The third-order valence-electron chi connectivity index (χ3n) is 2.61. The molecular weight excluding hydrogens is 262 g/mol. The number of nitrogens with zero attached hydrogens (tertiary/aromatic N) is 2. The molecule has 0 radical (unpaired) electrons. The standard InChI is InChI=1S/C14H24ClN3O/c1-11(2)16-9-12-8-14(17-10-13(12)15)19-7-5-6-18(3)4/h8,10-11,16H,5-7,9H2,1-4H3. The topological polar surface area (TPSA) is 37.4 Å². The zero-order valence-electron chi connectivity index (χ0n) is 12.2. The summed E-state index contributed by atoms with van der Waals surface area (Å²) in [7, 11) is 4.10. The normalized spacial score (nSPS) is 11.3. The second-order valence-corrected chi connectivity index (χ2v) is 5.56. The summed E-state index contributed by atoms with van der Waals surface area (Å²) in [5, 5.41) is 4.01. The van der Waals surface area contributed by atoms with E-state index in [2.05, 4.69) is 43.1 Å². The molecule has 0 amide bonds. The predicted octanol–water partition coefficient (Wildman–Crippen LogP) is 2.56. The van der Waals surface area contributed by atoms with Gasteiger partial charge in [0.2, 0.25) is 5.88 Å². The van der Waals surface area contributed by atoms with E-state index in [-0.39, 0.29) is 0 Å². The lowest BCUT2D eigenvalue weighted by Crippen LogP contribution is -2.22. The fourth-order valence-corrected chi connectivity index (χ4v) is 1.71. The SMILES string of the molecule is CC(C)NCc1cc(OCCCN(C)C)ncc1Cl. The van der Waals surface area contributed by atoms with Crippen molar-refractivity contribution in [2.75, 3.05) is 27.2 Å². The lowest BCUT2D eigenvalue weighted by atomic mass is 10.2. The highest BCUT2D eigenvalue weighted by molar-refractivity contribution is 6.31. The molecule has 5 heteroatoms. The molecule has 1 aromatic heterocycles. The Bertz CT molecular complexity index is 383. The zero-order valence-corrected chi connectivity index (χ0v) is 13.0. The minimum absolute atomic E-state index is 0.425. The maximum Gasteiger partial charge on any atom is 0.213 e. The van der Waals surface area contributed by atoms with E-state index in [0.717, 1.165) is 25.1 Å². The fraction of sp³-hybridized carbons (Fsp3) is 0.643. The highest BCUT2D eigenvalue weighted by Gasteiger charge is 2.05. The van der Waals surface area contributed by atoms with Crippen LogP contribution in [0.15, 0.2) is 12.3 Å². The van der Waals surface area contributed by atoms with Gasteiger partial charge in [-0.05, 0) is 26.1 Å². The van der Waals surface area contributed by atoms with Gasteiger partial charge in [0.05, 0.1) is 11.6 Å². The first kappa shape index (κ1) is 16.2. The summed E-state index contributed by atoms with van der Waals surface area (Å²) in [6.07, 6.45) is 2.64. The number of ether oxygens (including phenoxy) is 1. The number of rotatable bonds is 8. The van der Waals surface area contributed by atoms with E-state index < -0.39 is 0 Å². The van der Waals surface area contributed by atoms with Crippen molar-refractivity contribution in [3.63, 3.8) is 0 Å². The van der Waals surface area contributed by atoms with Gasteiger partial charge in [0.1, 0.15) is 0 Å². The summed E-state index contributed by atoms with van der Waals surface area (Å²) in [5.74, 6) is 0.642. The van der Waals surface area contributed by atoms with E-state index in [1.54, 1.807) is 6.20 Å². The lowest BCUT2D eigenvalue weighted by Gasteiger charge is -2.12. The molecule has 0 saturated heterocycles. The molecule has 0 fully saturated rings. The van der Waals surface area contributed by atoms with Crippen LogP contribution in [0.1, 0.15) is 25.8 Å². The first-order chi connectivity index (χ1) is 8.99. The fourth-order valence-electron chi connectivity index (χ4n) is 1.54. The van der Waals surface area contributed by atoms with E-state index >= 15 is 0 Å². The van der Waals surface area contributed by atoms with E-state index in [0.29, 0.717) is 23.6 Å². The lowest BCUT2D eigenvalue weighted by molar-refractivity contribution is 0.273. The van der Waals surface area contributed by atoms with Crippen molar-refractivity contribution in [3.05, 3.63) is 22.8 Å². The highest BCUT2D eigenvalue weighted by Crippen LogP contribution is 2.19. The number of nitrogens with one attached hydrogen (secondary N) is 1. The molecule has 1 N–H and O–H groups in total. The number of hydrogen-bond acceptors (Lipinski definition) is 4. The van der Waals surface area contributed by atoms with Gasteiger partial charge in [-0.25, -0.2) is 4.98 Å². The van der Waals surface area contributed by atoms with E-state index in [1.165, 1.54) is 0 Å². The molecule has 19 heavy (non-hydrogen) atoms. The highest BCUT2D eigenvalue weighted by atomic mass is 35.5. The van der Waals surface area contributed by atoms with Crippen LogP contribution in [0.5, 0.6) is 5.88 Å². The Balaban J connectivity index is 2.48. The Morgan fingerprint density at radius 3 is 2.79 bits per heavy atom. The van der Waals surface area contributed by atoms with Gasteiger partial charge in [-0.1, -0.05) is 25.4 Å². The Kier molecular flexibility index (Phi) is 7.13. The quantitative estimate of drug-likeness (QED) is 0.745. The second kappa shape index (κ2) is 8.35. The Morgan fingerprint density at radius 1 is 1.42 bits per heavy atom. The number of hydrogen-bond donors (Lipinski definition) is 1. The van der Waals surface area contributed by atoms with Crippen LogP contribution in [0.4, 0.5) is 0 Å². The van der Waals surface area contributed by atoms with E-state index in [1.807, 2.05) is 6.07 Å². The Labute approximate surface area is 121 Å². The van der Waals surface area contributed by atoms with E-state index in [9.17, 15) is 0 Å². The Hall–Kier alpha value is -0.840. The molecule has 0 aromatic carbocycles. The van der Waals surface area contributed by atoms with Gasteiger partial charge in [-0.2, -0.15) is 0 Å². The maximum absolute atomic E-state index is 6.12. The van der Waals surface area contributed by atoms with Gasteiger partial charge in [0.15, 0.2) is 0 Å². The second-order valence-electron chi connectivity index (χ2n) is 5.15. The molecule has 0 atom stereocenters. The molecule has 1 rings (SSSR count). The van der Waals surface area contributed by atoms with Crippen LogP contribution in [-0.4, -0.2) is 43.2 Å². The number of halogens is 1. The van der Waals surface area contributed by atoms with Crippen LogP contribution in [0.3, 0.4) is 0 Å². The summed E-state index contributed by atoms with van der Waals surface area (Å²) in [5.41, 5.74) is 1.02. The zero-order chi connectivity index (χ0) is 14.3. The minimum atomic E-state index is 0.425. The molecule has 1 heterocycles. The van der Waals surface area contributed by atoms with Crippen molar-refractivity contribution in [2.45, 2.75) is 32.9 Å². The van der Waals surface area contributed by atoms with Crippen molar-refractivity contribution >= 4 is 11.6 Å². The van der Waals surface area contributed by atoms with Crippen LogP contribution in [0.2, 0.25) is 5.02 Å². The number of aromatic nitrogens is 1. The van der Waals surface area contributed by atoms with Gasteiger partial charge in [0.25, 0.3) is 0 Å². The molecule has 108 valence electrons. The van der Waals surface area contributed by atoms with Gasteiger partial charge in [-0.15, -0.1) is 0 Å². The molecule has 0 aliphatic carbocycles.